The van der Waals surface area contributed by atoms with Gasteiger partial charge >= 0.3 is 0 Å². The fraction of sp³-hybridized carbons (Fsp3) is 0.409. The molecule has 2 aromatic carbocycles. The van der Waals surface area contributed by atoms with Gasteiger partial charge in [0.2, 0.25) is 0 Å². The molecule has 0 radical (unpaired) electrons. The van der Waals surface area contributed by atoms with E-state index in [-0.39, 0.29) is 18.0 Å². The predicted molar refractivity (Wildman–Crippen MR) is 110 cm³/mol. The Kier molecular flexibility index (Phi) is 6.64. The maximum absolute atomic E-state index is 12.8. The van der Waals surface area contributed by atoms with Crippen LogP contribution in [0.1, 0.15) is 56.1 Å². The van der Waals surface area contributed by atoms with Crippen molar-refractivity contribution in [2.45, 2.75) is 58.7 Å². The Hall–Kier alpha value is -1.65. The molecule has 0 aliphatic rings. The van der Waals surface area contributed by atoms with E-state index in [1.54, 1.807) is 0 Å². The second-order valence-electron chi connectivity index (χ2n) is 7.53. The molecule has 0 heterocycles. The number of hydrogen-bond donors (Lipinski definition) is 1. The number of halogens is 1. The highest BCUT2D eigenvalue weighted by molar-refractivity contribution is 9.10. The SMILES string of the molecule is CC(C)N(C(=O)c1ccc(CC(C)(O)c2ccccc2Br)cc1)C(C)C. The number of aliphatic hydroxyl groups is 1. The van der Waals surface area contributed by atoms with Crippen molar-refractivity contribution in [3.63, 3.8) is 0 Å². The summed E-state index contributed by atoms with van der Waals surface area (Å²) in [6.07, 6.45) is 0.474. The topological polar surface area (TPSA) is 40.5 Å². The Bertz CT molecular complexity index is 743. The normalized spacial score (nSPS) is 13.7. The van der Waals surface area contributed by atoms with Gasteiger partial charge in [-0.1, -0.05) is 46.3 Å². The van der Waals surface area contributed by atoms with E-state index in [1.165, 1.54) is 0 Å². The summed E-state index contributed by atoms with van der Waals surface area (Å²) in [5.41, 5.74) is 1.53. The summed E-state index contributed by atoms with van der Waals surface area (Å²) < 4.78 is 0.890. The van der Waals surface area contributed by atoms with Gasteiger partial charge in [-0.3, -0.25) is 4.79 Å². The van der Waals surface area contributed by atoms with Crippen molar-refractivity contribution in [1.29, 1.82) is 0 Å². The van der Waals surface area contributed by atoms with Gasteiger partial charge in [0, 0.05) is 28.5 Å². The molecule has 3 nitrogen and oxygen atoms in total. The molecule has 0 aliphatic carbocycles. The van der Waals surface area contributed by atoms with Gasteiger partial charge in [-0.2, -0.15) is 0 Å². The monoisotopic (exact) mass is 417 g/mol. The van der Waals surface area contributed by atoms with Gasteiger partial charge in [0.15, 0.2) is 0 Å². The van der Waals surface area contributed by atoms with E-state index in [4.69, 9.17) is 0 Å². The summed E-state index contributed by atoms with van der Waals surface area (Å²) in [4.78, 5) is 14.6. The zero-order valence-corrected chi connectivity index (χ0v) is 17.7. The fourth-order valence-electron chi connectivity index (χ4n) is 3.37. The number of nitrogens with zero attached hydrogens (tertiary/aromatic N) is 1. The van der Waals surface area contributed by atoms with Crippen LogP contribution in [0.3, 0.4) is 0 Å². The van der Waals surface area contributed by atoms with Crippen molar-refractivity contribution in [2.75, 3.05) is 0 Å². The van der Waals surface area contributed by atoms with E-state index >= 15 is 0 Å². The third-order valence-electron chi connectivity index (χ3n) is 4.55. The summed E-state index contributed by atoms with van der Waals surface area (Å²) in [5.74, 6) is 0.0408. The molecule has 2 aromatic rings. The largest absolute Gasteiger partial charge is 0.385 e. The predicted octanol–water partition coefficient (Wildman–Crippen LogP) is 5.16. The lowest BCUT2D eigenvalue weighted by molar-refractivity contribution is 0.0569. The third kappa shape index (κ3) is 4.74. The first-order chi connectivity index (χ1) is 12.1. The van der Waals surface area contributed by atoms with E-state index in [1.807, 2.05) is 88.0 Å². The van der Waals surface area contributed by atoms with Crippen LogP contribution in [-0.2, 0) is 12.0 Å². The smallest absolute Gasteiger partial charge is 0.254 e. The number of carbonyl (C=O) groups is 1. The summed E-state index contributed by atoms with van der Waals surface area (Å²) in [5, 5.41) is 10.9. The van der Waals surface area contributed by atoms with Crippen LogP contribution in [0.2, 0.25) is 0 Å². The Balaban J connectivity index is 2.19. The fourth-order valence-corrected chi connectivity index (χ4v) is 4.08. The summed E-state index contributed by atoms with van der Waals surface area (Å²) in [6, 6.07) is 15.6. The van der Waals surface area contributed by atoms with Crippen LogP contribution < -0.4 is 0 Å². The van der Waals surface area contributed by atoms with Gasteiger partial charge in [0.1, 0.15) is 0 Å². The van der Waals surface area contributed by atoms with Crippen LogP contribution in [0, 0.1) is 0 Å². The van der Waals surface area contributed by atoms with Crippen molar-refractivity contribution >= 4 is 21.8 Å². The van der Waals surface area contributed by atoms with Gasteiger partial charge in [-0.25, -0.2) is 0 Å². The number of carbonyl (C=O) groups excluding carboxylic acids is 1. The molecule has 140 valence electrons. The van der Waals surface area contributed by atoms with Crippen molar-refractivity contribution < 1.29 is 9.90 Å². The average Bonchev–Trinajstić information content (AvgIpc) is 2.54. The van der Waals surface area contributed by atoms with E-state index in [9.17, 15) is 9.90 Å². The molecule has 2 rings (SSSR count). The number of amides is 1. The second-order valence-corrected chi connectivity index (χ2v) is 8.38. The summed E-state index contributed by atoms with van der Waals surface area (Å²) in [6.45, 7) is 9.93. The number of hydrogen-bond acceptors (Lipinski definition) is 2. The number of rotatable bonds is 6. The maximum atomic E-state index is 12.8. The van der Waals surface area contributed by atoms with Gasteiger partial charge in [0.25, 0.3) is 5.91 Å². The minimum absolute atomic E-state index is 0.0408. The molecule has 0 spiro atoms. The van der Waals surface area contributed by atoms with Crippen molar-refractivity contribution in [2.24, 2.45) is 0 Å². The molecule has 0 aromatic heterocycles. The first kappa shape index (κ1) is 20.7. The zero-order valence-electron chi connectivity index (χ0n) is 16.2. The molecule has 0 saturated carbocycles. The van der Waals surface area contributed by atoms with Gasteiger partial charge < -0.3 is 10.0 Å². The molecule has 0 bridgehead atoms. The molecule has 0 aliphatic heterocycles. The van der Waals surface area contributed by atoms with E-state index in [0.717, 1.165) is 15.6 Å². The molecule has 1 amide bonds. The highest BCUT2D eigenvalue weighted by Gasteiger charge is 2.26. The Morgan fingerprint density at radius 2 is 1.58 bits per heavy atom. The highest BCUT2D eigenvalue weighted by atomic mass is 79.9. The van der Waals surface area contributed by atoms with E-state index < -0.39 is 5.60 Å². The minimum Gasteiger partial charge on any atom is -0.385 e. The molecule has 4 heteroatoms. The van der Waals surface area contributed by atoms with Gasteiger partial charge in [-0.15, -0.1) is 0 Å². The minimum atomic E-state index is -0.993. The lowest BCUT2D eigenvalue weighted by Gasteiger charge is -2.31. The highest BCUT2D eigenvalue weighted by Crippen LogP contribution is 2.31. The van der Waals surface area contributed by atoms with Gasteiger partial charge in [0.05, 0.1) is 5.60 Å². The van der Waals surface area contributed by atoms with Crippen LogP contribution in [0.5, 0.6) is 0 Å². The molecule has 1 unspecified atom stereocenters. The lowest BCUT2D eigenvalue weighted by atomic mass is 9.89. The van der Waals surface area contributed by atoms with E-state index in [0.29, 0.717) is 12.0 Å². The van der Waals surface area contributed by atoms with Gasteiger partial charge in [-0.05, 0) is 63.9 Å². The average molecular weight is 418 g/mol. The summed E-state index contributed by atoms with van der Waals surface area (Å²) in [7, 11) is 0. The van der Waals surface area contributed by atoms with Crippen LogP contribution in [0.15, 0.2) is 53.0 Å². The number of benzene rings is 2. The summed E-state index contributed by atoms with van der Waals surface area (Å²) >= 11 is 3.51. The lowest BCUT2D eigenvalue weighted by Crippen LogP contribution is -2.42. The van der Waals surface area contributed by atoms with Crippen LogP contribution in [-0.4, -0.2) is 28.0 Å². The first-order valence-corrected chi connectivity index (χ1v) is 9.81. The quantitative estimate of drug-likeness (QED) is 0.704. The molecule has 0 saturated heterocycles. The molecular weight excluding hydrogens is 390 g/mol. The molecular formula is C22H28BrNO2. The molecule has 1 atom stereocenters. The van der Waals surface area contributed by atoms with Crippen LogP contribution in [0.4, 0.5) is 0 Å². The molecule has 1 N–H and O–H groups in total. The second kappa shape index (κ2) is 8.36. The third-order valence-corrected chi connectivity index (χ3v) is 5.24. The van der Waals surface area contributed by atoms with Crippen LogP contribution >= 0.6 is 15.9 Å². The van der Waals surface area contributed by atoms with E-state index in [2.05, 4.69) is 15.9 Å². The Labute approximate surface area is 165 Å². The molecule has 0 fully saturated rings. The standard InChI is InChI=1S/C22H28BrNO2/c1-15(2)24(16(3)4)21(25)18-12-10-17(11-13-18)14-22(5,26)19-8-6-7-9-20(19)23/h6-13,15-16,26H,14H2,1-5H3. The maximum Gasteiger partial charge on any atom is 0.254 e. The first-order valence-electron chi connectivity index (χ1n) is 9.02. The Morgan fingerprint density at radius 3 is 2.08 bits per heavy atom. The zero-order chi connectivity index (χ0) is 19.5. The van der Waals surface area contributed by atoms with Crippen molar-refractivity contribution in [3.8, 4) is 0 Å². The molecule has 26 heavy (non-hydrogen) atoms. The van der Waals surface area contributed by atoms with Crippen molar-refractivity contribution in [1.82, 2.24) is 4.90 Å². The van der Waals surface area contributed by atoms with Crippen molar-refractivity contribution in [3.05, 3.63) is 69.7 Å². The Morgan fingerprint density at radius 1 is 1.04 bits per heavy atom. The van der Waals surface area contributed by atoms with Crippen LogP contribution in [0.25, 0.3) is 0 Å².